The summed E-state index contributed by atoms with van der Waals surface area (Å²) < 4.78 is 20.4. The molecule has 0 aromatic heterocycles. The maximum Gasteiger partial charge on any atom is 0.336 e. The lowest BCUT2D eigenvalue weighted by Gasteiger charge is -2.37. The fraction of sp³-hybridized carbons (Fsp3) is 0.212. The molecule has 1 N–H and O–H groups in total. The second kappa shape index (κ2) is 10.4. The maximum absolute atomic E-state index is 15.3. The zero-order valence-corrected chi connectivity index (χ0v) is 21.7. The molecule has 5 nitrogen and oxygen atoms in total. The Morgan fingerprint density at radius 2 is 1.69 bits per heavy atom. The number of hydrogen-bond acceptors (Lipinski definition) is 3. The van der Waals surface area contributed by atoms with E-state index in [2.05, 4.69) is 17.4 Å². The highest BCUT2D eigenvalue weighted by Gasteiger charge is 2.46. The van der Waals surface area contributed by atoms with Gasteiger partial charge in [-0.05, 0) is 58.4 Å². The summed E-state index contributed by atoms with van der Waals surface area (Å²) in [4.78, 5) is 28.4. The second-order valence-electron chi connectivity index (χ2n) is 10.1. The molecule has 0 radical (unpaired) electrons. The number of rotatable bonds is 5. The van der Waals surface area contributed by atoms with Crippen LogP contribution in [0.2, 0.25) is 0 Å². The average molecular weight is 521 g/mol. The van der Waals surface area contributed by atoms with Gasteiger partial charge in [-0.25, -0.2) is 14.0 Å². The molecule has 1 fully saturated rings. The Labute approximate surface area is 226 Å². The van der Waals surface area contributed by atoms with E-state index >= 15 is 4.39 Å². The molecule has 2 aliphatic rings. The van der Waals surface area contributed by atoms with Crippen molar-refractivity contribution in [3.05, 3.63) is 114 Å². The van der Waals surface area contributed by atoms with E-state index in [9.17, 15) is 9.59 Å². The number of halogens is 1. The highest BCUT2D eigenvalue weighted by atomic mass is 19.1. The van der Waals surface area contributed by atoms with Crippen LogP contribution in [0.3, 0.4) is 0 Å². The summed E-state index contributed by atoms with van der Waals surface area (Å²) in [6.07, 6.45) is 1.89. The normalized spacial score (nSPS) is 18.4. The van der Waals surface area contributed by atoms with Gasteiger partial charge in [0.2, 0.25) is 0 Å². The van der Waals surface area contributed by atoms with Crippen LogP contribution in [-0.4, -0.2) is 36.1 Å². The topological polar surface area (TPSA) is 58.6 Å². The average Bonchev–Trinajstić information content (AvgIpc) is 3.29. The van der Waals surface area contributed by atoms with Gasteiger partial charge in [0.05, 0.1) is 18.7 Å². The quantitative estimate of drug-likeness (QED) is 0.297. The van der Waals surface area contributed by atoms with Crippen molar-refractivity contribution in [1.29, 1.82) is 0 Å². The fourth-order valence-electron chi connectivity index (χ4n) is 6.13. The number of benzene rings is 4. The molecule has 196 valence electrons. The number of methoxy groups -OCH3 is 1. The van der Waals surface area contributed by atoms with Crippen LogP contribution in [-0.2, 0) is 16.1 Å². The molecule has 6 rings (SSSR count). The van der Waals surface area contributed by atoms with E-state index in [4.69, 9.17) is 4.74 Å². The molecule has 0 spiro atoms. The van der Waals surface area contributed by atoms with E-state index in [0.717, 1.165) is 33.9 Å². The van der Waals surface area contributed by atoms with Crippen molar-refractivity contribution >= 4 is 28.3 Å². The van der Waals surface area contributed by atoms with Gasteiger partial charge in [0, 0.05) is 18.2 Å². The van der Waals surface area contributed by atoms with Gasteiger partial charge in [0.1, 0.15) is 5.82 Å². The van der Waals surface area contributed by atoms with Crippen LogP contribution in [0.25, 0.3) is 27.5 Å². The molecule has 2 amide bonds. The van der Waals surface area contributed by atoms with E-state index in [-0.39, 0.29) is 17.9 Å². The summed E-state index contributed by atoms with van der Waals surface area (Å²) in [5.74, 6) is -0.826. The minimum absolute atomic E-state index is 0.0808. The molecule has 6 heteroatoms. The summed E-state index contributed by atoms with van der Waals surface area (Å²) in [6, 6.07) is 27.9. The Bertz CT molecular complexity index is 1590. The lowest BCUT2D eigenvalue weighted by Crippen LogP contribution is -2.50. The molecule has 2 aliphatic heterocycles. The van der Waals surface area contributed by atoms with Crippen LogP contribution in [0.4, 0.5) is 9.18 Å². The number of esters is 1. The zero-order valence-electron chi connectivity index (χ0n) is 21.7. The van der Waals surface area contributed by atoms with E-state index in [1.165, 1.54) is 13.2 Å². The first kappa shape index (κ1) is 24.9. The highest BCUT2D eigenvalue weighted by Crippen LogP contribution is 2.44. The molecule has 4 aromatic carbocycles. The first-order valence-electron chi connectivity index (χ1n) is 13.2. The summed E-state index contributed by atoms with van der Waals surface area (Å²) in [6.45, 7) is 0.381. The van der Waals surface area contributed by atoms with Gasteiger partial charge in [-0.3, -0.25) is 0 Å². The molecule has 2 atom stereocenters. The number of nitrogens with one attached hydrogen (secondary N) is 1. The molecule has 0 aliphatic carbocycles. The third-order valence-electron chi connectivity index (χ3n) is 7.95. The van der Waals surface area contributed by atoms with Gasteiger partial charge >= 0.3 is 12.0 Å². The van der Waals surface area contributed by atoms with E-state index < -0.39 is 12.0 Å². The van der Waals surface area contributed by atoms with Crippen LogP contribution >= 0.6 is 0 Å². The van der Waals surface area contributed by atoms with E-state index in [0.29, 0.717) is 36.1 Å². The number of carbonyl (C=O) groups is 2. The van der Waals surface area contributed by atoms with Gasteiger partial charge in [-0.2, -0.15) is 0 Å². The van der Waals surface area contributed by atoms with Crippen LogP contribution in [0, 0.1) is 5.82 Å². The monoisotopic (exact) mass is 520 g/mol. The third-order valence-corrected chi connectivity index (χ3v) is 7.95. The summed E-state index contributed by atoms with van der Waals surface area (Å²) in [5, 5.41) is 5.30. The number of carbonyl (C=O) groups excluding carboxylic acids is 2. The Kier molecular flexibility index (Phi) is 6.61. The number of urea groups is 1. The van der Waals surface area contributed by atoms with Crippen LogP contribution < -0.4 is 5.32 Å². The lowest BCUT2D eigenvalue weighted by atomic mass is 9.87. The van der Waals surface area contributed by atoms with Crippen molar-refractivity contribution in [2.24, 2.45) is 0 Å². The summed E-state index contributed by atoms with van der Waals surface area (Å²) in [5.41, 5.74) is 4.18. The third kappa shape index (κ3) is 4.56. The number of amides is 2. The van der Waals surface area contributed by atoms with Gasteiger partial charge in [0.25, 0.3) is 0 Å². The molecule has 0 saturated carbocycles. The second-order valence-corrected chi connectivity index (χ2v) is 10.1. The van der Waals surface area contributed by atoms with Gasteiger partial charge in [0.15, 0.2) is 0 Å². The van der Waals surface area contributed by atoms with Crippen molar-refractivity contribution in [2.75, 3.05) is 7.11 Å². The minimum atomic E-state index is -0.477. The number of nitrogens with zero attached hydrogens (tertiary/aromatic N) is 1. The van der Waals surface area contributed by atoms with Gasteiger partial charge < -0.3 is 15.0 Å². The van der Waals surface area contributed by atoms with Crippen molar-refractivity contribution < 1.29 is 18.7 Å². The predicted molar refractivity (Wildman–Crippen MR) is 150 cm³/mol. The van der Waals surface area contributed by atoms with Gasteiger partial charge in [-0.15, -0.1) is 0 Å². The van der Waals surface area contributed by atoms with Crippen LogP contribution in [0.15, 0.2) is 96.6 Å². The van der Waals surface area contributed by atoms with Crippen LogP contribution in [0.1, 0.15) is 30.4 Å². The summed E-state index contributed by atoms with van der Waals surface area (Å²) >= 11 is 0. The van der Waals surface area contributed by atoms with Crippen molar-refractivity contribution in [1.82, 2.24) is 10.2 Å². The number of ether oxygens (including phenoxy) is 1. The Balaban J connectivity index is 1.29. The largest absolute Gasteiger partial charge is 0.466 e. The molecule has 2 heterocycles. The van der Waals surface area contributed by atoms with Crippen LogP contribution in [0.5, 0.6) is 0 Å². The Morgan fingerprint density at radius 3 is 2.49 bits per heavy atom. The molecular weight excluding hydrogens is 491 g/mol. The van der Waals surface area contributed by atoms with Crippen molar-refractivity contribution in [3.63, 3.8) is 0 Å². The molecule has 4 aromatic rings. The SMILES string of the molecule is COC(=O)C1=C(c2ccc(-c3ccccc3)c(F)c2)CC2CCC1N2C(=O)NCc1cccc2ccccc12. The van der Waals surface area contributed by atoms with E-state index in [1.807, 2.05) is 66.7 Å². The van der Waals surface area contributed by atoms with E-state index in [1.54, 1.807) is 11.0 Å². The number of hydrogen-bond donors (Lipinski definition) is 1. The summed E-state index contributed by atoms with van der Waals surface area (Å²) in [7, 11) is 1.35. The Morgan fingerprint density at radius 1 is 0.923 bits per heavy atom. The molecule has 2 unspecified atom stereocenters. The first-order valence-corrected chi connectivity index (χ1v) is 13.2. The van der Waals surface area contributed by atoms with Crippen molar-refractivity contribution in [3.8, 4) is 11.1 Å². The molecular formula is C33H29FN2O3. The predicted octanol–water partition coefficient (Wildman–Crippen LogP) is 6.72. The first-order chi connectivity index (χ1) is 19.0. The Hall–Kier alpha value is -4.45. The van der Waals surface area contributed by atoms with Crippen molar-refractivity contribution in [2.45, 2.75) is 37.9 Å². The highest BCUT2D eigenvalue weighted by molar-refractivity contribution is 6.01. The standard InChI is InChI=1S/C33H29FN2O3/c1-39-32(37)31-28(23-14-16-27(29(34)18-23)22-8-3-2-4-9-22)19-25-15-17-30(31)36(25)33(38)35-20-24-12-7-11-21-10-5-6-13-26(21)24/h2-14,16,18,25,30H,15,17,19-20H2,1H3,(H,35,38). The fourth-order valence-corrected chi connectivity index (χ4v) is 6.13. The molecule has 2 bridgehead atoms. The maximum atomic E-state index is 15.3. The molecule has 1 saturated heterocycles. The smallest absolute Gasteiger partial charge is 0.336 e. The number of fused-ring (bicyclic) bond motifs is 3. The lowest BCUT2D eigenvalue weighted by molar-refractivity contribution is -0.136. The van der Waals surface area contributed by atoms with Gasteiger partial charge in [-0.1, -0.05) is 84.9 Å². The minimum Gasteiger partial charge on any atom is -0.466 e. The zero-order chi connectivity index (χ0) is 26.9. The molecule has 39 heavy (non-hydrogen) atoms.